The molecule has 0 aliphatic carbocycles. The first-order valence-electron chi connectivity index (χ1n) is 8.77. The highest BCUT2D eigenvalue weighted by molar-refractivity contribution is 7.92. The molecule has 1 heterocycles. The topological polar surface area (TPSA) is 88.2 Å². The number of aromatic nitrogens is 1. The normalized spacial score (nSPS) is 11.5. The van der Waals surface area contributed by atoms with Gasteiger partial charge in [0, 0.05) is 16.6 Å². The van der Waals surface area contributed by atoms with Gasteiger partial charge in [0.15, 0.2) is 0 Å². The van der Waals surface area contributed by atoms with Crippen LogP contribution in [0.15, 0.2) is 47.8 Å². The maximum atomic E-state index is 12.5. The van der Waals surface area contributed by atoms with Crippen LogP contribution >= 0.6 is 22.9 Å². The molecule has 0 aliphatic rings. The van der Waals surface area contributed by atoms with E-state index in [1.807, 2.05) is 12.1 Å². The Labute approximate surface area is 179 Å². The van der Waals surface area contributed by atoms with E-state index in [-0.39, 0.29) is 16.6 Å². The van der Waals surface area contributed by atoms with Gasteiger partial charge in [0.1, 0.15) is 10.7 Å². The van der Waals surface area contributed by atoms with Crippen molar-refractivity contribution >= 4 is 50.2 Å². The van der Waals surface area contributed by atoms with Crippen molar-refractivity contribution in [1.82, 2.24) is 4.98 Å². The van der Waals surface area contributed by atoms with Crippen molar-refractivity contribution in [2.24, 2.45) is 0 Å². The molecule has 2 N–H and O–H groups in total. The average molecular weight is 450 g/mol. The van der Waals surface area contributed by atoms with Crippen LogP contribution < -0.4 is 10.0 Å². The zero-order valence-electron chi connectivity index (χ0n) is 16.1. The smallest absolute Gasteiger partial charge is 0.275 e. The highest BCUT2D eigenvalue weighted by Gasteiger charge is 2.14. The number of nitrogens with one attached hydrogen (secondary N) is 2. The number of sulfonamides is 1. The number of carbonyl (C=O) groups excluding carboxylic acids is 1. The number of anilines is 2. The van der Waals surface area contributed by atoms with E-state index in [2.05, 4.69) is 41.0 Å². The number of carbonyl (C=O) groups is 1. The molecular weight excluding hydrogens is 430 g/mol. The Balaban J connectivity index is 1.72. The highest BCUT2D eigenvalue weighted by Crippen LogP contribution is 2.28. The second kappa shape index (κ2) is 8.52. The molecule has 9 heteroatoms. The first kappa shape index (κ1) is 21.3. The summed E-state index contributed by atoms with van der Waals surface area (Å²) in [5.41, 5.74) is 3.18. The molecule has 1 amide bonds. The van der Waals surface area contributed by atoms with Crippen molar-refractivity contribution < 1.29 is 13.2 Å². The molecule has 0 fully saturated rings. The minimum atomic E-state index is -3.44. The van der Waals surface area contributed by atoms with Crippen LogP contribution in [-0.4, -0.2) is 25.6 Å². The van der Waals surface area contributed by atoms with Gasteiger partial charge < -0.3 is 5.32 Å². The second-order valence-electron chi connectivity index (χ2n) is 6.84. The van der Waals surface area contributed by atoms with Crippen molar-refractivity contribution in [3.8, 4) is 10.6 Å². The van der Waals surface area contributed by atoms with Crippen LogP contribution in [0.1, 0.15) is 35.8 Å². The fourth-order valence-electron chi connectivity index (χ4n) is 2.59. The molecule has 0 saturated heterocycles. The van der Waals surface area contributed by atoms with Crippen LogP contribution in [0.2, 0.25) is 5.02 Å². The number of rotatable bonds is 6. The lowest BCUT2D eigenvalue weighted by Gasteiger charge is -2.09. The van der Waals surface area contributed by atoms with Crippen LogP contribution in [0.25, 0.3) is 10.6 Å². The van der Waals surface area contributed by atoms with Gasteiger partial charge in [-0.3, -0.25) is 9.52 Å². The molecule has 0 atom stereocenters. The van der Waals surface area contributed by atoms with Crippen LogP contribution in [0, 0.1) is 0 Å². The molecular formula is C20H20ClN3O3S2. The molecule has 0 spiro atoms. The van der Waals surface area contributed by atoms with E-state index in [4.69, 9.17) is 11.6 Å². The Hall–Kier alpha value is -2.42. The molecule has 0 saturated carbocycles. The third-order valence-corrected chi connectivity index (χ3v) is 5.88. The summed E-state index contributed by atoms with van der Waals surface area (Å²) in [6.07, 6.45) is 1.04. The number of benzene rings is 2. The number of amides is 1. The Kier molecular flexibility index (Phi) is 6.26. The minimum absolute atomic E-state index is 0.178. The lowest BCUT2D eigenvalue weighted by atomic mass is 10.0. The van der Waals surface area contributed by atoms with Crippen LogP contribution in [0.4, 0.5) is 11.4 Å². The van der Waals surface area contributed by atoms with Crippen molar-refractivity contribution in [3.05, 3.63) is 64.1 Å². The van der Waals surface area contributed by atoms with E-state index >= 15 is 0 Å². The second-order valence-corrected chi connectivity index (χ2v) is 9.85. The van der Waals surface area contributed by atoms with Crippen molar-refractivity contribution in [1.29, 1.82) is 0 Å². The molecule has 0 bridgehead atoms. The number of halogens is 1. The van der Waals surface area contributed by atoms with E-state index < -0.39 is 10.0 Å². The van der Waals surface area contributed by atoms with Crippen LogP contribution in [0.3, 0.4) is 0 Å². The molecule has 3 aromatic rings. The van der Waals surface area contributed by atoms with Crippen molar-refractivity contribution in [2.75, 3.05) is 16.3 Å². The van der Waals surface area contributed by atoms with E-state index in [0.717, 1.165) is 16.8 Å². The van der Waals surface area contributed by atoms with Crippen molar-refractivity contribution in [3.63, 3.8) is 0 Å². The molecule has 3 rings (SSSR count). The highest BCUT2D eigenvalue weighted by atomic mass is 35.5. The number of nitrogens with zero attached hydrogens (tertiary/aromatic N) is 1. The lowest BCUT2D eigenvalue weighted by molar-refractivity contribution is 0.102. The zero-order chi connectivity index (χ0) is 21.2. The maximum absolute atomic E-state index is 12.5. The molecule has 152 valence electrons. The molecule has 2 aromatic carbocycles. The van der Waals surface area contributed by atoms with E-state index in [1.165, 1.54) is 29.0 Å². The standard InChI is InChI=1S/C20H20ClN3O3S2/c1-12(2)13-4-6-14(7-5-13)20-23-18(11-28-20)19(25)22-15-8-9-17(16(21)10-15)24-29(3,26)27/h4-12,24H,1-3H3,(H,22,25). The zero-order valence-corrected chi connectivity index (χ0v) is 18.5. The molecule has 6 nitrogen and oxygen atoms in total. The average Bonchev–Trinajstić information content (AvgIpc) is 3.13. The maximum Gasteiger partial charge on any atom is 0.275 e. The van der Waals surface area contributed by atoms with E-state index in [9.17, 15) is 13.2 Å². The predicted octanol–water partition coefficient (Wildman–Crippen LogP) is 5.21. The predicted molar refractivity (Wildman–Crippen MR) is 120 cm³/mol. The Bertz CT molecular complexity index is 1140. The Morgan fingerprint density at radius 1 is 1.14 bits per heavy atom. The minimum Gasteiger partial charge on any atom is -0.321 e. The summed E-state index contributed by atoms with van der Waals surface area (Å²) in [6, 6.07) is 12.7. The quantitative estimate of drug-likeness (QED) is 0.540. The number of thiazole rings is 1. The molecule has 0 radical (unpaired) electrons. The third-order valence-electron chi connectivity index (χ3n) is 4.08. The summed E-state index contributed by atoms with van der Waals surface area (Å²) in [4.78, 5) is 16.9. The van der Waals surface area contributed by atoms with Gasteiger partial charge >= 0.3 is 0 Å². The summed E-state index contributed by atoms with van der Waals surface area (Å²) in [5.74, 6) is 0.0821. The fraction of sp³-hybridized carbons (Fsp3) is 0.200. The summed E-state index contributed by atoms with van der Waals surface area (Å²) in [5, 5.41) is 5.36. The summed E-state index contributed by atoms with van der Waals surface area (Å²) < 4.78 is 25.0. The van der Waals surface area contributed by atoms with Crippen molar-refractivity contribution in [2.45, 2.75) is 19.8 Å². The summed E-state index contributed by atoms with van der Waals surface area (Å²) in [6.45, 7) is 4.27. The van der Waals surface area contributed by atoms with Gasteiger partial charge in [0.05, 0.1) is 17.0 Å². The van der Waals surface area contributed by atoms with Crippen LogP contribution in [0.5, 0.6) is 0 Å². The fourth-order valence-corrected chi connectivity index (χ4v) is 4.26. The molecule has 29 heavy (non-hydrogen) atoms. The SMILES string of the molecule is CC(C)c1ccc(-c2nc(C(=O)Nc3ccc(NS(C)(=O)=O)c(Cl)c3)cs2)cc1. The summed E-state index contributed by atoms with van der Waals surface area (Å²) in [7, 11) is -3.44. The first-order chi connectivity index (χ1) is 13.6. The number of hydrogen-bond donors (Lipinski definition) is 2. The molecule has 0 aliphatic heterocycles. The monoisotopic (exact) mass is 449 g/mol. The van der Waals surface area contributed by atoms with E-state index in [0.29, 0.717) is 17.3 Å². The number of hydrogen-bond acceptors (Lipinski definition) is 5. The van der Waals surface area contributed by atoms with Gasteiger partial charge in [-0.2, -0.15) is 0 Å². The van der Waals surface area contributed by atoms with Gasteiger partial charge in [0.25, 0.3) is 5.91 Å². The van der Waals surface area contributed by atoms with E-state index in [1.54, 1.807) is 11.4 Å². The largest absolute Gasteiger partial charge is 0.321 e. The molecule has 1 aromatic heterocycles. The Morgan fingerprint density at radius 2 is 1.83 bits per heavy atom. The third kappa shape index (κ3) is 5.56. The van der Waals surface area contributed by atoms with Crippen LogP contribution in [-0.2, 0) is 10.0 Å². The van der Waals surface area contributed by atoms with Gasteiger partial charge in [-0.05, 0) is 29.7 Å². The van der Waals surface area contributed by atoms with Gasteiger partial charge in [0.2, 0.25) is 10.0 Å². The van der Waals surface area contributed by atoms with Gasteiger partial charge in [-0.1, -0.05) is 49.7 Å². The first-order valence-corrected chi connectivity index (χ1v) is 11.9. The summed E-state index contributed by atoms with van der Waals surface area (Å²) >= 11 is 7.49. The Morgan fingerprint density at radius 3 is 2.41 bits per heavy atom. The van der Waals surface area contributed by atoms with Gasteiger partial charge in [-0.25, -0.2) is 13.4 Å². The molecule has 0 unspecified atom stereocenters. The van der Waals surface area contributed by atoms with Gasteiger partial charge in [-0.15, -0.1) is 11.3 Å². The lowest BCUT2D eigenvalue weighted by Crippen LogP contribution is -2.13.